The van der Waals surface area contributed by atoms with Crippen LogP contribution in [-0.2, 0) is 10.0 Å². The van der Waals surface area contributed by atoms with Crippen LogP contribution in [0.15, 0.2) is 57.9 Å². The number of thiophene rings is 1. The van der Waals surface area contributed by atoms with E-state index < -0.39 is 10.0 Å². The lowest BCUT2D eigenvalue weighted by atomic mass is 10.1. The molecule has 1 amide bonds. The van der Waals surface area contributed by atoms with Crippen LogP contribution >= 0.6 is 27.3 Å². The van der Waals surface area contributed by atoms with Crippen molar-refractivity contribution < 1.29 is 13.2 Å². The Morgan fingerprint density at radius 1 is 1.07 bits per heavy atom. The summed E-state index contributed by atoms with van der Waals surface area (Å²) in [5.74, 6) is 0.0762. The summed E-state index contributed by atoms with van der Waals surface area (Å²) in [6.07, 6.45) is 3.29. The minimum absolute atomic E-state index is 0.0762. The summed E-state index contributed by atoms with van der Waals surface area (Å²) in [5.41, 5.74) is 0.600. The number of hydrogen-bond donors (Lipinski definition) is 0. The SMILES string of the molecule is CCN(c1ccc2sc(C(=O)N3CCCCC3)cc2c1)S(=O)(=O)c1ccc(Br)cc1. The Bertz CT molecular complexity index is 1170. The first kappa shape index (κ1) is 21.3. The molecule has 30 heavy (non-hydrogen) atoms. The van der Waals surface area contributed by atoms with Crippen LogP contribution in [0.25, 0.3) is 10.1 Å². The van der Waals surface area contributed by atoms with Crippen molar-refractivity contribution in [3.05, 3.63) is 57.9 Å². The maximum absolute atomic E-state index is 13.2. The zero-order valence-corrected chi connectivity index (χ0v) is 19.9. The predicted molar refractivity (Wildman–Crippen MR) is 126 cm³/mol. The van der Waals surface area contributed by atoms with E-state index in [9.17, 15) is 13.2 Å². The van der Waals surface area contributed by atoms with Crippen LogP contribution in [0.5, 0.6) is 0 Å². The van der Waals surface area contributed by atoms with Gasteiger partial charge in [0, 0.05) is 28.8 Å². The van der Waals surface area contributed by atoms with Gasteiger partial charge in [0.05, 0.1) is 15.5 Å². The summed E-state index contributed by atoms with van der Waals surface area (Å²) >= 11 is 4.81. The van der Waals surface area contributed by atoms with Crippen LogP contribution in [0, 0.1) is 0 Å². The molecular weight excluding hydrogens is 484 g/mol. The number of sulfonamides is 1. The van der Waals surface area contributed by atoms with Gasteiger partial charge in [-0.3, -0.25) is 9.10 Å². The lowest BCUT2D eigenvalue weighted by Crippen LogP contribution is -2.35. The average Bonchev–Trinajstić information content (AvgIpc) is 3.18. The molecule has 4 rings (SSSR count). The molecule has 158 valence electrons. The lowest BCUT2D eigenvalue weighted by Gasteiger charge is -2.26. The highest BCUT2D eigenvalue weighted by Gasteiger charge is 2.25. The summed E-state index contributed by atoms with van der Waals surface area (Å²) in [7, 11) is -3.68. The highest BCUT2D eigenvalue weighted by Crippen LogP contribution is 2.33. The summed E-state index contributed by atoms with van der Waals surface area (Å²) in [6, 6.07) is 14.1. The highest BCUT2D eigenvalue weighted by atomic mass is 79.9. The minimum atomic E-state index is -3.68. The number of hydrogen-bond acceptors (Lipinski definition) is 4. The Morgan fingerprint density at radius 3 is 2.43 bits per heavy atom. The number of halogens is 1. The van der Waals surface area contributed by atoms with E-state index in [0.29, 0.717) is 17.1 Å². The van der Waals surface area contributed by atoms with Crippen molar-refractivity contribution in [3.63, 3.8) is 0 Å². The van der Waals surface area contributed by atoms with E-state index >= 15 is 0 Å². The topological polar surface area (TPSA) is 57.7 Å². The standard InChI is InChI=1S/C22H23BrN2O3S2/c1-2-25(30(27,28)19-9-6-17(23)7-10-19)18-8-11-20-16(14-18)15-21(29-20)22(26)24-12-4-3-5-13-24/h6-11,14-15H,2-5,12-13H2,1H3. The van der Waals surface area contributed by atoms with Crippen LogP contribution in [0.4, 0.5) is 5.69 Å². The van der Waals surface area contributed by atoms with Gasteiger partial charge in [-0.15, -0.1) is 11.3 Å². The van der Waals surface area contributed by atoms with Gasteiger partial charge in [-0.1, -0.05) is 15.9 Å². The second kappa shape index (κ2) is 8.69. The van der Waals surface area contributed by atoms with Crippen molar-refractivity contribution in [2.24, 2.45) is 0 Å². The average molecular weight is 507 g/mol. The fourth-order valence-electron chi connectivity index (χ4n) is 3.77. The van der Waals surface area contributed by atoms with E-state index in [4.69, 9.17) is 0 Å². The zero-order chi connectivity index (χ0) is 21.3. The molecule has 3 aromatic rings. The minimum Gasteiger partial charge on any atom is -0.338 e. The number of piperidine rings is 1. The smallest absolute Gasteiger partial charge is 0.264 e. The second-order valence-electron chi connectivity index (χ2n) is 7.31. The van der Waals surface area contributed by atoms with E-state index in [1.807, 2.05) is 36.1 Å². The molecule has 0 unspecified atom stereocenters. The van der Waals surface area contributed by atoms with Crippen molar-refractivity contribution in [1.82, 2.24) is 4.90 Å². The molecule has 0 bridgehead atoms. The number of carbonyl (C=O) groups is 1. The molecule has 1 saturated heterocycles. The predicted octanol–water partition coefficient (Wildman–Crippen LogP) is 5.51. The molecule has 1 aromatic heterocycles. The van der Waals surface area contributed by atoms with Gasteiger partial charge in [0.1, 0.15) is 0 Å². The van der Waals surface area contributed by atoms with E-state index in [1.165, 1.54) is 22.1 Å². The highest BCUT2D eigenvalue weighted by molar-refractivity contribution is 9.10. The number of benzene rings is 2. The van der Waals surface area contributed by atoms with E-state index in [0.717, 1.165) is 40.5 Å². The molecule has 1 aliphatic rings. The summed E-state index contributed by atoms with van der Waals surface area (Å²) in [4.78, 5) is 15.7. The maximum atomic E-state index is 13.2. The van der Waals surface area contributed by atoms with Crippen LogP contribution in [-0.4, -0.2) is 38.9 Å². The number of anilines is 1. The van der Waals surface area contributed by atoms with Gasteiger partial charge >= 0.3 is 0 Å². The molecular formula is C22H23BrN2O3S2. The van der Waals surface area contributed by atoms with Crippen molar-refractivity contribution in [1.29, 1.82) is 0 Å². The Hall–Kier alpha value is -1.90. The molecule has 0 aliphatic carbocycles. The Morgan fingerprint density at radius 2 is 1.77 bits per heavy atom. The van der Waals surface area contributed by atoms with E-state index in [2.05, 4.69) is 15.9 Å². The summed E-state index contributed by atoms with van der Waals surface area (Å²) < 4.78 is 29.6. The van der Waals surface area contributed by atoms with E-state index in [1.54, 1.807) is 24.3 Å². The quantitative estimate of drug-likeness (QED) is 0.458. The van der Waals surface area contributed by atoms with Crippen LogP contribution in [0.1, 0.15) is 35.9 Å². The normalized spacial score (nSPS) is 14.8. The second-order valence-corrected chi connectivity index (χ2v) is 11.2. The van der Waals surface area contributed by atoms with Crippen molar-refractivity contribution in [2.45, 2.75) is 31.1 Å². The molecule has 8 heteroatoms. The van der Waals surface area contributed by atoms with Gasteiger partial charge in [0.15, 0.2) is 0 Å². The van der Waals surface area contributed by atoms with Crippen LogP contribution in [0.2, 0.25) is 0 Å². The number of rotatable bonds is 5. The van der Waals surface area contributed by atoms with Gasteiger partial charge in [0.2, 0.25) is 0 Å². The molecule has 2 aromatic carbocycles. The molecule has 5 nitrogen and oxygen atoms in total. The molecule has 0 radical (unpaired) electrons. The number of amides is 1. The number of nitrogens with zero attached hydrogens (tertiary/aromatic N) is 2. The van der Waals surface area contributed by atoms with Gasteiger partial charge < -0.3 is 4.90 Å². The van der Waals surface area contributed by atoms with Gasteiger partial charge in [-0.25, -0.2) is 8.42 Å². The largest absolute Gasteiger partial charge is 0.338 e. The van der Waals surface area contributed by atoms with E-state index in [-0.39, 0.29) is 10.8 Å². The fourth-order valence-corrected chi connectivity index (χ4v) is 6.51. The van der Waals surface area contributed by atoms with Gasteiger partial charge in [-0.2, -0.15) is 0 Å². The van der Waals surface area contributed by atoms with Crippen molar-refractivity contribution in [2.75, 3.05) is 23.9 Å². The third-order valence-electron chi connectivity index (χ3n) is 5.33. The molecule has 0 atom stereocenters. The molecule has 2 heterocycles. The Labute approximate surface area is 189 Å². The Kier molecular flexibility index (Phi) is 6.18. The monoisotopic (exact) mass is 506 g/mol. The fraction of sp³-hybridized carbons (Fsp3) is 0.318. The first-order valence-electron chi connectivity index (χ1n) is 10.0. The van der Waals surface area contributed by atoms with Crippen molar-refractivity contribution >= 4 is 59.0 Å². The first-order chi connectivity index (χ1) is 14.4. The third kappa shape index (κ3) is 4.13. The molecule has 0 N–H and O–H groups in total. The first-order valence-corrected chi connectivity index (χ1v) is 13.1. The lowest BCUT2D eigenvalue weighted by molar-refractivity contribution is 0.0729. The number of fused-ring (bicyclic) bond motifs is 1. The number of likely N-dealkylation sites (tertiary alicyclic amines) is 1. The molecule has 1 aliphatic heterocycles. The van der Waals surface area contributed by atoms with Crippen LogP contribution < -0.4 is 4.31 Å². The zero-order valence-electron chi connectivity index (χ0n) is 16.7. The number of carbonyl (C=O) groups excluding carboxylic acids is 1. The molecule has 1 fully saturated rings. The summed E-state index contributed by atoms with van der Waals surface area (Å²) in [6.45, 7) is 3.76. The maximum Gasteiger partial charge on any atom is 0.264 e. The molecule has 0 saturated carbocycles. The van der Waals surface area contributed by atoms with Gasteiger partial charge in [-0.05, 0) is 80.1 Å². The molecule has 0 spiro atoms. The van der Waals surface area contributed by atoms with Gasteiger partial charge in [0.25, 0.3) is 15.9 Å². The van der Waals surface area contributed by atoms with Crippen molar-refractivity contribution in [3.8, 4) is 0 Å². The summed E-state index contributed by atoms with van der Waals surface area (Å²) in [5, 5.41) is 0.891. The Balaban J connectivity index is 1.66. The third-order valence-corrected chi connectivity index (χ3v) is 8.88. The van der Waals surface area contributed by atoms with Crippen LogP contribution in [0.3, 0.4) is 0 Å².